The summed E-state index contributed by atoms with van der Waals surface area (Å²) in [6, 6.07) is 6.68. The molecular weight excluding hydrogens is 203 g/mol. The molecule has 1 saturated heterocycles. The molecule has 1 aliphatic rings. The molecule has 0 bridgehead atoms. The Morgan fingerprint density at radius 3 is 3.12 bits per heavy atom. The van der Waals surface area contributed by atoms with Crippen LogP contribution in [0.4, 0.5) is 10.1 Å². The molecule has 0 aromatic heterocycles. The molecule has 3 heteroatoms. The second-order valence-electron chi connectivity index (χ2n) is 4.44. The van der Waals surface area contributed by atoms with E-state index >= 15 is 0 Å². The molecule has 1 unspecified atom stereocenters. The Labute approximate surface area is 96.2 Å². The Bertz CT molecular complexity index is 319. The Kier molecular flexibility index (Phi) is 4.17. The molecule has 1 aromatic carbocycles. The highest BCUT2D eigenvalue weighted by atomic mass is 19.1. The normalized spacial score (nSPS) is 21.4. The third kappa shape index (κ3) is 3.49. The first-order chi connectivity index (χ1) is 7.84. The number of halogens is 1. The molecule has 1 fully saturated rings. The van der Waals surface area contributed by atoms with E-state index in [2.05, 4.69) is 10.6 Å². The summed E-state index contributed by atoms with van der Waals surface area (Å²) in [6.45, 7) is 3.19. The highest BCUT2D eigenvalue weighted by Gasteiger charge is 2.11. The summed E-state index contributed by atoms with van der Waals surface area (Å²) >= 11 is 0. The fraction of sp³-hybridized carbons (Fsp3) is 0.538. The highest BCUT2D eigenvalue weighted by molar-refractivity contribution is 5.42. The van der Waals surface area contributed by atoms with E-state index in [0.29, 0.717) is 5.92 Å². The first kappa shape index (κ1) is 11.4. The summed E-state index contributed by atoms with van der Waals surface area (Å²) < 4.78 is 12.9. The van der Waals surface area contributed by atoms with Crippen molar-refractivity contribution in [1.82, 2.24) is 5.32 Å². The van der Waals surface area contributed by atoms with Crippen molar-refractivity contribution < 1.29 is 4.39 Å². The number of anilines is 1. The van der Waals surface area contributed by atoms with Gasteiger partial charge in [-0.15, -0.1) is 0 Å². The molecule has 2 rings (SSSR count). The van der Waals surface area contributed by atoms with E-state index in [1.54, 1.807) is 12.1 Å². The Balaban J connectivity index is 1.81. The number of hydrogen-bond acceptors (Lipinski definition) is 2. The molecule has 16 heavy (non-hydrogen) atoms. The van der Waals surface area contributed by atoms with Crippen molar-refractivity contribution in [3.8, 4) is 0 Å². The molecular formula is C13H19FN2. The fourth-order valence-corrected chi connectivity index (χ4v) is 2.16. The molecule has 2 N–H and O–H groups in total. The Morgan fingerprint density at radius 1 is 1.31 bits per heavy atom. The standard InChI is InChI=1S/C13H19FN2/c14-12-4-1-5-13(9-12)16-10-11-3-2-7-15-8-6-11/h1,4-5,9,11,15-16H,2-3,6-8,10H2. The molecule has 1 aliphatic heterocycles. The first-order valence-electron chi connectivity index (χ1n) is 6.05. The van der Waals surface area contributed by atoms with Gasteiger partial charge in [-0.2, -0.15) is 0 Å². The van der Waals surface area contributed by atoms with E-state index in [0.717, 1.165) is 25.3 Å². The summed E-state index contributed by atoms with van der Waals surface area (Å²) in [4.78, 5) is 0. The third-order valence-corrected chi connectivity index (χ3v) is 3.11. The van der Waals surface area contributed by atoms with Gasteiger partial charge in [-0.05, 0) is 56.5 Å². The molecule has 1 heterocycles. The van der Waals surface area contributed by atoms with E-state index in [4.69, 9.17) is 0 Å². The highest BCUT2D eigenvalue weighted by Crippen LogP contribution is 2.15. The Hall–Kier alpha value is -1.09. The van der Waals surface area contributed by atoms with Crippen molar-refractivity contribution in [2.45, 2.75) is 19.3 Å². The lowest BCUT2D eigenvalue weighted by Crippen LogP contribution is -2.17. The van der Waals surface area contributed by atoms with E-state index < -0.39 is 0 Å². The van der Waals surface area contributed by atoms with Gasteiger partial charge in [0.05, 0.1) is 0 Å². The van der Waals surface area contributed by atoms with Crippen LogP contribution in [0, 0.1) is 11.7 Å². The van der Waals surface area contributed by atoms with Crippen LogP contribution in [-0.2, 0) is 0 Å². The first-order valence-corrected chi connectivity index (χ1v) is 6.05. The molecule has 0 aliphatic carbocycles. The van der Waals surface area contributed by atoms with Crippen molar-refractivity contribution in [3.63, 3.8) is 0 Å². The minimum absolute atomic E-state index is 0.174. The van der Waals surface area contributed by atoms with E-state index in [9.17, 15) is 4.39 Å². The maximum Gasteiger partial charge on any atom is 0.125 e. The summed E-state index contributed by atoms with van der Waals surface area (Å²) in [5, 5.41) is 6.71. The van der Waals surface area contributed by atoms with Gasteiger partial charge in [0, 0.05) is 12.2 Å². The quantitative estimate of drug-likeness (QED) is 0.821. The van der Waals surface area contributed by atoms with Crippen LogP contribution in [0.5, 0.6) is 0 Å². The topological polar surface area (TPSA) is 24.1 Å². The van der Waals surface area contributed by atoms with Crippen molar-refractivity contribution in [1.29, 1.82) is 0 Å². The number of hydrogen-bond donors (Lipinski definition) is 2. The van der Waals surface area contributed by atoms with Gasteiger partial charge in [-0.25, -0.2) is 4.39 Å². The fourth-order valence-electron chi connectivity index (χ4n) is 2.16. The molecule has 0 radical (unpaired) electrons. The smallest absolute Gasteiger partial charge is 0.125 e. The van der Waals surface area contributed by atoms with Gasteiger partial charge in [0.1, 0.15) is 5.82 Å². The lowest BCUT2D eigenvalue weighted by molar-refractivity contribution is 0.496. The van der Waals surface area contributed by atoms with Crippen LogP contribution in [0.2, 0.25) is 0 Å². The van der Waals surface area contributed by atoms with Crippen LogP contribution < -0.4 is 10.6 Å². The maximum absolute atomic E-state index is 12.9. The van der Waals surface area contributed by atoms with Crippen molar-refractivity contribution in [3.05, 3.63) is 30.1 Å². The van der Waals surface area contributed by atoms with Gasteiger partial charge in [-0.3, -0.25) is 0 Å². The van der Waals surface area contributed by atoms with Gasteiger partial charge in [-0.1, -0.05) is 6.07 Å². The second-order valence-corrected chi connectivity index (χ2v) is 4.44. The van der Waals surface area contributed by atoms with Gasteiger partial charge in [0.2, 0.25) is 0 Å². The lowest BCUT2D eigenvalue weighted by Gasteiger charge is -2.15. The Morgan fingerprint density at radius 2 is 2.25 bits per heavy atom. The molecule has 1 aromatic rings. The van der Waals surface area contributed by atoms with Crippen LogP contribution in [0.1, 0.15) is 19.3 Å². The number of benzene rings is 1. The average molecular weight is 222 g/mol. The summed E-state index contributed by atoms with van der Waals surface area (Å²) in [6.07, 6.45) is 3.72. The molecule has 88 valence electrons. The van der Waals surface area contributed by atoms with E-state index in [1.165, 1.54) is 25.3 Å². The predicted octanol–water partition coefficient (Wildman–Crippen LogP) is 2.63. The predicted molar refractivity (Wildman–Crippen MR) is 65.1 cm³/mol. The van der Waals surface area contributed by atoms with Crippen LogP contribution in [-0.4, -0.2) is 19.6 Å². The van der Waals surface area contributed by atoms with Crippen molar-refractivity contribution >= 4 is 5.69 Å². The summed E-state index contributed by atoms with van der Waals surface area (Å²) in [5.74, 6) is 0.533. The average Bonchev–Trinajstić information content (AvgIpc) is 2.55. The van der Waals surface area contributed by atoms with Crippen LogP contribution in [0.15, 0.2) is 24.3 Å². The molecule has 1 atom stereocenters. The van der Waals surface area contributed by atoms with E-state index in [1.807, 2.05) is 6.07 Å². The molecule has 2 nitrogen and oxygen atoms in total. The summed E-state index contributed by atoms with van der Waals surface area (Å²) in [7, 11) is 0. The maximum atomic E-state index is 12.9. The molecule has 0 amide bonds. The largest absolute Gasteiger partial charge is 0.385 e. The SMILES string of the molecule is Fc1cccc(NCC2CCCNCC2)c1. The summed E-state index contributed by atoms with van der Waals surface area (Å²) in [5.41, 5.74) is 0.886. The zero-order chi connectivity index (χ0) is 11.2. The van der Waals surface area contributed by atoms with Crippen LogP contribution in [0.25, 0.3) is 0 Å². The zero-order valence-electron chi connectivity index (χ0n) is 9.51. The van der Waals surface area contributed by atoms with E-state index in [-0.39, 0.29) is 5.82 Å². The van der Waals surface area contributed by atoms with Crippen molar-refractivity contribution in [2.75, 3.05) is 25.0 Å². The minimum atomic E-state index is -0.174. The monoisotopic (exact) mass is 222 g/mol. The second kappa shape index (κ2) is 5.85. The molecule has 0 spiro atoms. The van der Waals surface area contributed by atoms with Crippen LogP contribution >= 0.6 is 0 Å². The number of nitrogens with one attached hydrogen (secondary N) is 2. The number of rotatable bonds is 3. The lowest BCUT2D eigenvalue weighted by atomic mass is 10.0. The van der Waals surface area contributed by atoms with Crippen LogP contribution in [0.3, 0.4) is 0 Å². The van der Waals surface area contributed by atoms with Gasteiger partial charge in [0.25, 0.3) is 0 Å². The van der Waals surface area contributed by atoms with Gasteiger partial charge in [0.15, 0.2) is 0 Å². The van der Waals surface area contributed by atoms with Gasteiger partial charge >= 0.3 is 0 Å². The third-order valence-electron chi connectivity index (χ3n) is 3.11. The van der Waals surface area contributed by atoms with Crippen molar-refractivity contribution in [2.24, 2.45) is 5.92 Å². The molecule has 0 saturated carbocycles. The zero-order valence-corrected chi connectivity index (χ0v) is 9.51. The van der Waals surface area contributed by atoms with Gasteiger partial charge < -0.3 is 10.6 Å². The minimum Gasteiger partial charge on any atom is -0.385 e.